The van der Waals surface area contributed by atoms with E-state index in [1.165, 1.54) is 13.2 Å². The second kappa shape index (κ2) is 7.60. The number of nitrogens with one attached hydrogen (secondary N) is 1. The number of halogens is 2. The number of amides is 1. The number of methoxy groups -OCH3 is 1. The summed E-state index contributed by atoms with van der Waals surface area (Å²) >= 11 is 5.93. The molecular weight excluding hydrogens is 343 g/mol. The molecule has 0 aliphatic rings. The van der Waals surface area contributed by atoms with Gasteiger partial charge in [-0.05, 0) is 24.3 Å². The Balaban J connectivity index is 2.02. The van der Waals surface area contributed by atoms with Crippen LogP contribution in [0.2, 0.25) is 5.02 Å². The molecule has 2 aromatic rings. The third-order valence-electron chi connectivity index (χ3n) is 2.91. The number of benzene rings is 2. The molecule has 0 aliphatic carbocycles. The summed E-state index contributed by atoms with van der Waals surface area (Å²) in [6, 6.07) is 7.35. The standard InChI is InChI=1S/C15H12ClFN2O5/c1-23-13-5-3-10(7-11(13)16)18-15(20)8-24-14-6-9(17)2-4-12(14)19(21)22/h2-7H,8H2,1H3,(H,18,20). The van der Waals surface area contributed by atoms with E-state index in [1.807, 2.05) is 0 Å². The number of nitro benzene ring substituents is 1. The molecule has 0 unspecified atom stereocenters. The Morgan fingerprint density at radius 2 is 2.04 bits per heavy atom. The summed E-state index contributed by atoms with van der Waals surface area (Å²) < 4.78 is 23.2. The summed E-state index contributed by atoms with van der Waals surface area (Å²) in [6.45, 7) is -0.534. The monoisotopic (exact) mass is 354 g/mol. The van der Waals surface area contributed by atoms with E-state index in [-0.39, 0.29) is 5.75 Å². The highest BCUT2D eigenvalue weighted by Crippen LogP contribution is 2.28. The normalized spacial score (nSPS) is 10.1. The lowest BCUT2D eigenvalue weighted by atomic mass is 10.3. The predicted octanol–water partition coefficient (Wildman–Crippen LogP) is 3.41. The van der Waals surface area contributed by atoms with Gasteiger partial charge in [0.25, 0.3) is 5.91 Å². The van der Waals surface area contributed by atoms with Crippen LogP contribution in [0.15, 0.2) is 36.4 Å². The smallest absolute Gasteiger partial charge is 0.311 e. The Kier molecular flexibility index (Phi) is 5.54. The Morgan fingerprint density at radius 1 is 1.29 bits per heavy atom. The predicted molar refractivity (Wildman–Crippen MR) is 85.2 cm³/mol. The zero-order valence-corrected chi connectivity index (χ0v) is 13.2. The van der Waals surface area contributed by atoms with Crippen molar-refractivity contribution in [2.75, 3.05) is 19.0 Å². The molecule has 0 atom stereocenters. The van der Waals surface area contributed by atoms with Crippen molar-refractivity contribution in [2.45, 2.75) is 0 Å². The molecule has 126 valence electrons. The van der Waals surface area contributed by atoms with Crippen molar-refractivity contribution in [3.05, 3.63) is 57.4 Å². The fraction of sp³-hybridized carbons (Fsp3) is 0.133. The van der Waals surface area contributed by atoms with Gasteiger partial charge in [0.05, 0.1) is 17.1 Å². The second-order valence-corrected chi connectivity index (χ2v) is 4.96. The molecule has 0 aliphatic heterocycles. The van der Waals surface area contributed by atoms with E-state index in [2.05, 4.69) is 5.32 Å². The van der Waals surface area contributed by atoms with Crippen LogP contribution in [-0.2, 0) is 4.79 Å². The molecule has 1 N–H and O–H groups in total. The summed E-state index contributed by atoms with van der Waals surface area (Å²) in [4.78, 5) is 22.0. The van der Waals surface area contributed by atoms with Crippen molar-refractivity contribution in [1.82, 2.24) is 0 Å². The summed E-state index contributed by atoms with van der Waals surface area (Å²) in [5, 5.41) is 13.6. The molecule has 2 aromatic carbocycles. The number of ether oxygens (including phenoxy) is 2. The molecule has 9 heteroatoms. The number of rotatable bonds is 6. The van der Waals surface area contributed by atoms with E-state index >= 15 is 0 Å². The minimum Gasteiger partial charge on any atom is -0.495 e. The fourth-order valence-corrected chi connectivity index (χ4v) is 2.10. The van der Waals surface area contributed by atoms with Gasteiger partial charge in [-0.2, -0.15) is 0 Å². The summed E-state index contributed by atoms with van der Waals surface area (Å²) in [5.74, 6) is -1.18. The number of anilines is 1. The van der Waals surface area contributed by atoms with Crippen molar-refractivity contribution < 1.29 is 23.6 Å². The van der Waals surface area contributed by atoms with Crippen LogP contribution in [0.4, 0.5) is 15.8 Å². The van der Waals surface area contributed by atoms with Crippen molar-refractivity contribution in [3.63, 3.8) is 0 Å². The Bertz CT molecular complexity index is 784. The van der Waals surface area contributed by atoms with Gasteiger partial charge in [0.1, 0.15) is 11.6 Å². The molecule has 24 heavy (non-hydrogen) atoms. The van der Waals surface area contributed by atoms with E-state index < -0.39 is 28.9 Å². The SMILES string of the molecule is COc1ccc(NC(=O)COc2cc(F)ccc2[N+](=O)[O-])cc1Cl. The molecule has 7 nitrogen and oxygen atoms in total. The van der Waals surface area contributed by atoms with Crippen molar-refractivity contribution in [2.24, 2.45) is 0 Å². The van der Waals surface area contributed by atoms with Gasteiger partial charge in [-0.25, -0.2) is 4.39 Å². The van der Waals surface area contributed by atoms with Crippen LogP contribution in [0, 0.1) is 15.9 Å². The van der Waals surface area contributed by atoms with E-state index in [0.29, 0.717) is 16.5 Å². The van der Waals surface area contributed by atoms with Gasteiger partial charge in [0, 0.05) is 17.8 Å². The van der Waals surface area contributed by atoms with Crippen LogP contribution in [0.3, 0.4) is 0 Å². The molecule has 0 aromatic heterocycles. The minimum absolute atomic E-state index is 0.303. The van der Waals surface area contributed by atoms with Crippen molar-refractivity contribution >= 4 is 28.9 Å². The average molecular weight is 355 g/mol. The molecule has 0 radical (unpaired) electrons. The van der Waals surface area contributed by atoms with Gasteiger partial charge < -0.3 is 14.8 Å². The first-order valence-corrected chi connectivity index (χ1v) is 6.98. The highest BCUT2D eigenvalue weighted by molar-refractivity contribution is 6.32. The molecule has 0 heterocycles. The number of hydrogen-bond donors (Lipinski definition) is 1. The molecule has 0 fully saturated rings. The number of carbonyl (C=O) groups excluding carboxylic acids is 1. The zero-order chi connectivity index (χ0) is 17.7. The lowest BCUT2D eigenvalue weighted by Gasteiger charge is -2.09. The van der Waals surface area contributed by atoms with Crippen molar-refractivity contribution in [1.29, 1.82) is 0 Å². The van der Waals surface area contributed by atoms with E-state index in [9.17, 15) is 19.3 Å². The largest absolute Gasteiger partial charge is 0.495 e. The molecular formula is C15H12ClFN2O5. The van der Waals surface area contributed by atoms with Crippen LogP contribution in [-0.4, -0.2) is 24.5 Å². The van der Waals surface area contributed by atoms with Crippen LogP contribution < -0.4 is 14.8 Å². The second-order valence-electron chi connectivity index (χ2n) is 4.56. The molecule has 0 spiro atoms. The quantitative estimate of drug-likeness (QED) is 0.634. The number of nitrogens with zero attached hydrogens (tertiary/aromatic N) is 1. The van der Waals surface area contributed by atoms with Gasteiger partial charge in [0.2, 0.25) is 5.75 Å². The highest BCUT2D eigenvalue weighted by Gasteiger charge is 2.17. The third-order valence-corrected chi connectivity index (χ3v) is 3.21. The van der Waals surface area contributed by atoms with Crippen molar-refractivity contribution in [3.8, 4) is 11.5 Å². The maximum absolute atomic E-state index is 13.2. The Morgan fingerprint density at radius 3 is 2.67 bits per heavy atom. The maximum Gasteiger partial charge on any atom is 0.311 e. The summed E-state index contributed by atoms with van der Waals surface area (Å²) in [5.41, 5.74) is -0.0418. The van der Waals surface area contributed by atoms with E-state index in [4.69, 9.17) is 21.1 Å². The zero-order valence-electron chi connectivity index (χ0n) is 12.4. The first kappa shape index (κ1) is 17.5. The van der Waals surface area contributed by atoms with Gasteiger partial charge in [-0.15, -0.1) is 0 Å². The topological polar surface area (TPSA) is 90.7 Å². The molecule has 0 saturated heterocycles. The van der Waals surface area contributed by atoms with Gasteiger partial charge in [0.15, 0.2) is 6.61 Å². The molecule has 2 rings (SSSR count). The van der Waals surface area contributed by atoms with Gasteiger partial charge in [-0.1, -0.05) is 11.6 Å². The van der Waals surface area contributed by atoms with Crippen LogP contribution in [0.25, 0.3) is 0 Å². The molecule has 0 saturated carbocycles. The molecule has 0 bridgehead atoms. The van der Waals surface area contributed by atoms with Gasteiger partial charge in [-0.3, -0.25) is 14.9 Å². The van der Waals surface area contributed by atoms with Gasteiger partial charge >= 0.3 is 5.69 Å². The minimum atomic E-state index is -0.726. The lowest BCUT2D eigenvalue weighted by molar-refractivity contribution is -0.385. The highest BCUT2D eigenvalue weighted by atomic mass is 35.5. The third kappa shape index (κ3) is 4.32. The number of nitro groups is 1. The Labute approximate surface area is 141 Å². The average Bonchev–Trinajstić information content (AvgIpc) is 2.53. The first-order valence-electron chi connectivity index (χ1n) is 6.61. The van der Waals surface area contributed by atoms with Crippen LogP contribution >= 0.6 is 11.6 Å². The van der Waals surface area contributed by atoms with E-state index in [1.54, 1.807) is 12.1 Å². The number of hydrogen-bond acceptors (Lipinski definition) is 5. The maximum atomic E-state index is 13.2. The lowest BCUT2D eigenvalue weighted by Crippen LogP contribution is -2.20. The summed E-state index contributed by atoms with van der Waals surface area (Å²) in [6.07, 6.45) is 0. The number of carbonyl (C=O) groups is 1. The summed E-state index contributed by atoms with van der Waals surface area (Å²) in [7, 11) is 1.46. The first-order chi connectivity index (χ1) is 11.4. The van der Waals surface area contributed by atoms with E-state index in [0.717, 1.165) is 18.2 Å². The van der Waals surface area contributed by atoms with Crippen LogP contribution in [0.1, 0.15) is 0 Å². The molecule has 1 amide bonds. The fourth-order valence-electron chi connectivity index (χ4n) is 1.84. The Hall–Kier alpha value is -2.87. The van der Waals surface area contributed by atoms with Crippen LogP contribution in [0.5, 0.6) is 11.5 Å².